The van der Waals surface area contributed by atoms with Gasteiger partial charge >= 0.3 is 11.0 Å². The maximum atomic E-state index is 11.7. The first kappa shape index (κ1) is 15.3. The highest BCUT2D eigenvalue weighted by molar-refractivity contribution is 7.13. The third kappa shape index (κ3) is 3.71. The molecule has 110 valence electrons. The summed E-state index contributed by atoms with van der Waals surface area (Å²) < 4.78 is 4.70. The Labute approximate surface area is 129 Å². The maximum Gasteiger partial charge on any atom is 0.339 e. The second kappa shape index (κ2) is 6.55. The van der Waals surface area contributed by atoms with Crippen molar-refractivity contribution in [2.24, 2.45) is 0 Å². The first-order valence-corrected chi connectivity index (χ1v) is 7.10. The number of hydrogen-bond acceptors (Lipinski definition) is 6. The lowest BCUT2D eigenvalue weighted by molar-refractivity contribution is -0.380. The molecule has 0 aliphatic carbocycles. The van der Waals surface area contributed by atoms with E-state index in [-0.39, 0.29) is 5.00 Å². The quantitative estimate of drug-likeness (QED) is 0.514. The first-order valence-electron chi connectivity index (χ1n) is 5.85. The zero-order valence-corrected chi connectivity index (χ0v) is 12.5. The van der Waals surface area contributed by atoms with Crippen molar-refractivity contribution >= 4 is 39.6 Å². The minimum Gasteiger partial charge on any atom is -0.465 e. The van der Waals surface area contributed by atoms with Crippen LogP contribution in [-0.2, 0) is 11.3 Å². The van der Waals surface area contributed by atoms with E-state index in [0.29, 0.717) is 22.8 Å². The molecule has 2 aromatic rings. The molecule has 1 aromatic heterocycles. The first-order chi connectivity index (χ1) is 10.0. The molecule has 0 saturated heterocycles. The molecular formula is C13H11ClN2O4S. The van der Waals surface area contributed by atoms with Gasteiger partial charge in [-0.25, -0.2) is 4.79 Å². The molecule has 0 amide bonds. The summed E-state index contributed by atoms with van der Waals surface area (Å²) >= 11 is 6.97. The minimum absolute atomic E-state index is 0.0751. The molecule has 0 aliphatic rings. The molecule has 8 heteroatoms. The Morgan fingerprint density at radius 2 is 2.24 bits per heavy atom. The van der Waals surface area contributed by atoms with Gasteiger partial charge in [-0.1, -0.05) is 22.9 Å². The highest BCUT2D eigenvalue weighted by Gasteiger charge is 2.13. The van der Waals surface area contributed by atoms with E-state index < -0.39 is 10.9 Å². The predicted octanol–water partition coefficient (Wildman–Crippen LogP) is 3.71. The Kier molecular flexibility index (Phi) is 4.77. The lowest BCUT2D eigenvalue weighted by Gasteiger charge is -2.10. The van der Waals surface area contributed by atoms with E-state index in [4.69, 9.17) is 16.3 Å². The number of esters is 1. The molecule has 0 fully saturated rings. The molecule has 0 aliphatic heterocycles. The van der Waals surface area contributed by atoms with Gasteiger partial charge in [0.2, 0.25) is 0 Å². The largest absolute Gasteiger partial charge is 0.465 e. The van der Waals surface area contributed by atoms with E-state index in [1.54, 1.807) is 23.6 Å². The van der Waals surface area contributed by atoms with Gasteiger partial charge < -0.3 is 10.1 Å². The maximum absolute atomic E-state index is 11.7. The Hall–Kier alpha value is -2.12. The van der Waals surface area contributed by atoms with Gasteiger partial charge in [-0.05, 0) is 23.8 Å². The number of hydrogen-bond donors (Lipinski definition) is 1. The lowest BCUT2D eigenvalue weighted by atomic mass is 10.1. The van der Waals surface area contributed by atoms with E-state index in [2.05, 4.69) is 5.32 Å². The third-order valence-electron chi connectivity index (χ3n) is 2.69. The van der Waals surface area contributed by atoms with Crippen LogP contribution >= 0.6 is 22.9 Å². The van der Waals surface area contributed by atoms with Crippen molar-refractivity contribution in [2.45, 2.75) is 6.54 Å². The van der Waals surface area contributed by atoms with Gasteiger partial charge in [0, 0.05) is 23.0 Å². The third-order valence-corrected chi connectivity index (χ3v) is 3.85. The summed E-state index contributed by atoms with van der Waals surface area (Å²) in [4.78, 5) is 21.9. The van der Waals surface area contributed by atoms with Crippen LogP contribution in [0.5, 0.6) is 0 Å². The van der Waals surface area contributed by atoms with E-state index in [0.717, 1.165) is 16.9 Å². The monoisotopic (exact) mass is 326 g/mol. The van der Waals surface area contributed by atoms with Gasteiger partial charge in [0.25, 0.3) is 0 Å². The van der Waals surface area contributed by atoms with Gasteiger partial charge in [0.05, 0.1) is 23.3 Å². The van der Waals surface area contributed by atoms with E-state index >= 15 is 0 Å². The normalized spacial score (nSPS) is 10.2. The molecule has 1 aromatic carbocycles. The van der Waals surface area contributed by atoms with Crippen LogP contribution in [0.2, 0.25) is 5.02 Å². The highest BCUT2D eigenvalue weighted by atomic mass is 35.5. The molecule has 0 unspecified atom stereocenters. The second-order valence-corrected chi connectivity index (χ2v) is 5.41. The Bertz CT molecular complexity index is 687. The highest BCUT2D eigenvalue weighted by Crippen LogP contribution is 2.25. The summed E-state index contributed by atoms with van der Waals surface area (Å²) in [5.74, 6) is -0.481. The molecule has 0 bridgehead atoms. The zero-order chi connectivity index (χ0) is 15.4. The number of nitrogens with zero attached hydrogens (tertiary/aromatic N) is 1. The van der Waals surface area contributed by atoms with Crippen LogP contribution in [0.4, 0.5) is 10.7 Å². The molecule has 0 radical (unpaired) electrons. The number of rotatable bonds is 5. The van der Waals surface area contributed by atoms with Crippen molar-refractivity contribution in [1.29, 1.82) is 0 Å². The fourth-order valence-electron chi connectivity index (χ4n) is 1.70. The Morgan fingerprint density at radius 3 is 2.86 bits per heavy atom. The van der Waals surface area contributed by atoms with Gasteiger partial charge in [0.15, 0.2) is 0 Å². The van der Waals surface area contributed by atoms with Gasteiger partial charge in [-0.2, -0.15) is 0 Å². The van der Waals surface area contributed by atoms with Crippen LogP contribution < -0.4 is 5.32 Å². The summed E-state index contributed by atoms with van der Waals surface area (Å²) in [7, 11) is 1.29. The van der Waals surface area contributed by atoms with E-state index in [9.17, 15) is 14.9 Å². The minimum atomic E-state index is -0.481. The van der Waals surface area contributed by atoms with Crippen LogP contribution in [0.15, 0.2) is 29.6 Å². The molecule has 0 saturated carbocycles. The molecule has 1 N–H and O–H groups in total. The number of halogens is 1. The number of carbonyl (C=O) groups is 1. The van der Waals surface area contributed by atoms with Crippen molar-refractivity contribution in [1.82, 2.24) is 0 Å². The molecule has 0 spiro atoms. The number of ether oxygens (including phenoxy) is 1. The van der Waals surface area contributed by atoms with Crippen molar-refractivity contribution < 1.29 is 14.5 Å². The fraction of sp³-hybridized carbons (Fsp3) is 0.154. The Balaban J connectivity index is 2.16. The number of anilines is 1. The van der Waals surface area contributed by atoms with Gasteiger partial charge in [0.1, 0.15) is 0 Å². The summed E-state index contributed by atoms with van der Waals surface area (Å²) in [5, 5.41) is 15.9. The average Bonchev–Trinajstić information content (AvgIpc) is 2.93. The van der Waals surface area contributed by atoms with Crippen LogP contribution in [0.25, 0.3) is 0 Å². The number of thiophene rings is 1. The van der Waals surface area contributed by atoms with Crippen molar-refractivity contribution in [3.05, 3.63) is 55.9 Å². The molecule has 2 rings (SSSR count). The Morgan fingerprint density at radius 1 is 1.48 bits per heavy atom. The van der Waals surface area contributed by atoms with Crippen LogP contribution in [-0.4, -0.2) is 18.0 Å². The smallest absolute Gasteiger partial charge is 0.339 e. The molecule has 0 atom stereocenters. The SMILES string of the molecule is COC(=O)c1ccc(Cl)cc1NCc1csc([N+](=O)[O-])c1. The second-order valence-electron chi connectivity index (χ2n) is 4.09. The number of methoxy groups -OCH3 is 1. The van der Waals surface area contributed by atoms with Crippen molar-refractivity contribution in [2.75, 3.05) is 12.4 Å². The standard InChI is InChI=1S/C13H11ClN2O4S/c1-20-13(17)10-3-2-9(14)5-11(10)15-6-8-4-12(16(18)19)21-7-8/h2-5,7,15H,6H2,1H3. The summed E-state index contributed by atoms with van der Waals surface area (Å²) in [6.45, 7) is 0.342. The van der Waals surface area contributed by atoms with Crippen LogP contribution in [0, 0.1) is 10.1 Å². The number of nitrogens with one attached hydrogen (secondary N) is 1. The number of benzene rings is 1. The molecule has 1 heterocycles. The van der Waals surface area contributed by atoms with Gasteiger partial charge in [-0.3, -0.25) is 10.1 Å². The van der Waals surface area contributed by atoms with Crippen LogP contribution in [0.1, 0.15) is 15.9 Å². The van der Waals surface area contributed by atoms with Crippen LogP contribution in [0.3, 0.4) is 0 Å². The summed E-state index contributed by atoms with van der Waals surface area (Å²) in [6, 6.07) is 6.25. The molecular weight excluding hydrogens is 316 g/mol. The zero-order valence-electron chi connectivity index (χ0n) is 11.0. The van der Waals surface area contributed by atoms with E-state index in [1.165, 1.54) is 13.2 Å². The van der Waals surface area contributed by atoms with E-state index in [1.807, 2.05) is 0 Å². The lowest BCUT2D eigenvalue weighted by Crippen LogP contribution is -2.08. The number of nitro groups is 1. The van der Waals surface area contributed by atoms with Crippen molar-refractivity contribution in [3.8, 4) is 0 Å². The fourth-order valence-corrected chi connectivity index (χ4v) is 2.60. The predicted molar refractivity (Wildman–Crippen MR) is 81.1 cm³/mol. The summed E-state index contributed by atoms with van der Waals surface area (Å²) in [5.41, 5.74) is 1.62. The van der Waals surface area contributed by atoms with Gasteiger partial charge in [-0.15, -0.1) is 0 Å². The molecule has 6 nitrogen and oxygen atoms in total. The molecule has 21 heavy (non-hydrogen) atoms. The topological polar surface area (TPSA) is 81.5 Å². The van der Waals surface area contributed by atoms with Crippen molar-refractivity contribution in [3.63, 3.8) is 0 Å². The average molecular weight is 327 g/mol. The number of carbonyl (C=O) groups excluding carboxylic acids is 1. The summed E-state index contributed by atoms with van der Waals surface area (Å²) in [6.07, 6.45) is 0.